The first kappa shape index (κ1) is 29.3. The lowest BCUT2D eigenvalue weighted by molar-refractivity contribution is -0.122. The van der Waals surface area contributed by atoms with Crippen molar-refractivity contribution in [2.45, 2.75) is 32.0 Å². The van der Waals surface area contributed by atoms with Crippen molar-refractivity contribution in [2.24, 2.45) is 5.73 Å². The molecule has 1 aliphatic heterocycles. The van der Waals surface area contributed by atoms with E-state index in [1.54, 1.807) is 12.4 Å². The van der Waals surface area contributed by atoms with E-state index in [0.717, 1.165) is 62.2 Å². The van der Waals surface area contributed by atoms with Crippen LogP contribution in [0.3, 0.4) is 0 Å². The number of nitrogens with two attached hydrogens (primary N) is 1. The van der Waals surface area contributed by atoms with E-state index in [9.17, 15) is 4.79 Å². The third-order valence-corrected chi connectivity index (χ3v) is 8.85. The number of imidazole rings is 1. The van der Waals surface area contributed by atoms with Crippen LogP contribution in [0.15, 0.2) is 51.7 Å². The van der Waals surface area contributed by atoms with Crippen LogP contribution < -0.4 is 20.5 Å². The lowest BCUT2D eigenvalue weighted by atomic mass is 10.1. The molecule has 0 radical (unpaired) electrons. The summed E-state index contributed by atoms with van der Waals surface area (Å²) in [6, 6.07) is 11.2. The van der Waals surface area contributed by atoms with Gasteiger partial charge in [-0.1, -0.05) is 29.8 Å². The number of amides is 1. The zero-order valence-corrected chi connectivity index (χ0v) is 25.4. The van der Waals surface area contributed by atoms with Gasteiger partial charge in [0.15, 0.2) is 0 Å². The summed E-state index contributed by atoms with van der Waals surface area (Å²) >= 11 is 15.0. The number of rotatable bonds is 7. The van der Waals surface area contributed by atoms with Gasteiger partial charge < -0.3 is 25.6 Å². The molecule has 3 heterocycles. The van der Waals surface area contributed by atoms with Gasteiger partial charge >= 0.3 is 0 Å². The molecule has 1 fully saturated rings. The van der Waals surface area contributed by atoms with Gasteiger partial charge in [-0.3, -0.25) is 14.2 Å². The minimum absolute atomic E-state index is 0.127. The zero-order valence-electron chi connectivity index (χ0n) is 20.7. The normalized spacial score (nSPS) is 14.4. The van der Waals surface area contributed by atoms with Crippen molar-refractivity contribution in [2.75, 3.05) is 13.1 Å². The molecule has 1 amide bonds. The first-order chi connectivity index (χ1) is 18.7. The molecule has 0 aliphatic carbocycles. The maximum atomic E-state index is 12.3. The molecule has 1 atom stereocenters. The first-order valence-corrected chi connectivity index (χ1v) is 14.7. The number of halogens is 3. The number of hydrogen-bond acceptors (Lipinski definition) is 7. The molecule has 9 nitrogen and oxygen atoms in total. The van der Waals surface area contributed by atoms with Crippen LogP contribution in [0.25, 0.3) is 16.0 Å². The van der Waals surface area contributed by atoms with E-state index < -0.39 is 5.91 Å². The SMILES string of the molecule is C[C@@H](Oc1cc(-n2cnc3cc(Br)c(OC4CCNCC4)c(Br)c32)sc1C(N)=O)c1ccccc1Cl.O=CO. The number of aromatic nitrogens is 2. The van der Waals surface area contributed by atoms with Crippen molar-refractivity contribution >= 4 is 78.2 Å². The van der Waals surface area contributed by atoms with Crippen molar-refractivity contribution in [3.63, 3.8) is 0 Å². The summed E-state index contributed by atoms with van der Waals surface area (Å²) in [5.74, 6) is 0.566. The second-order valence-electron chi connectivity index (χ2n) is 8.58. The summed E-state index contributed by atoms with van der Waals surface area (Å²) in [5.41, 5.74) is 8.13. The Morgan fingerprint density at radius 2 is 2.00 bits per heavy atom. The topological polar surface area (TPSA) is 129 Å². The molecule has 0 saturated carbocycles. The fourth-order valence-electron chi connectivity index (χ4n) is 4.24. The fourth-order valence-corrected chi connectivity index (χ4v) is 6.92. The quantitative estimate of drug-likeness (QED) is 0.192. The van der Waals surface area contributed by atoms with Crippen LogP contribution in [0.2, 0.25) is 5.02 Å². The van der Waals surface area contributed by atoms with Gasteiger partial charge in [-0.2, -0.15) is 0 Å². The lowest BCUT2D eigenvalue weighted by Crippen LogP contribution is -2.34. The highest BCUT2D eigenvalue weighted by atomic mass is 79.9. The van der Waals surface area contributed by atoms with Gasteiger partial charge in [0.2, 0.25) is 0 Å². The Morgan fingerprint density at radius 1 is 1.31 bits per heavy atom. The number of thiophene rings is 1. The summed E-state index contributed by atoms with van der Waals surface area (Å²) in [6.07, 6.45) is 3.34. The Morgan fingerprint density at radius 3 is 2.67 bits per heavy atom. The summed E-state index contributed by atoms with van der Waals surface area (Å²) in [7, 11) is 0. The number of carboxylic acid groups (broad SMARTS) is 1. The molecule has 4 aromatic rings. The Hall–Kier alpha value is -2.64. The minimum Gasteiger partial charge on any atom is -0.488 e. The number of carbonyl (C=O) groups excluding carboxylic acids is 1. The van der Waals surface area contributed by atoms with E-state index in [4.69, 9.17) is 36.7 Å². The third kappa shape index (κ3) is 6.58. The van der Waals surface area contributed by atoms with Crippen molar-refractivity contribution < 1.29 is 24.2 Å². The van der Waals surface area contributed by atoms with Crippen molar-refractivity contribution in [3.8, 4) is 16.5 Å². The van der Waals surface area contributed by atoms with Crippen molar-refractivity contribution in [3.05, 3.63) is 67.1 Å². The molecule has 39 heavy (non-hydrogen) atoms. The van der Waals surface area contributed by atoms with Crippen LogP contribution in [-0.2, 0) is 4.79 Å². The average Bonchev–Trinajstić information content (AvgIpc) is 3.52. The maximum absolute atomic E-state index is 12.3. The number of nitrogens with one attached hydrogen (secondary N) is 1. The smallest absolute Gasteiger partial charge is 0.290 e. The molecule has 1 aliphatic rings. The van der Waals surface area contributed by atoms with Crippen LogP contribution in [0.4, 0.5) is 0 Å². The van der Waals surface area contributed by atoms with E-state index in [-0.39, 0.29) is 18.7 Å². The van der Waals surface area contributed by atoms with Gasteiger partial charge in [-0.05, 0) is 76.8 Å². The second kappa shape index (κ2) is 13.1. The Labute approximate surface area is 250 Å². The number of carbonyl (C=O) groups is 2. The molecule has 2 aromatic heterocycles. The second-order valence-corrected chi connectivity index (χ2v) is 11.7. The predicted molar refractivity (Wildman–Crippen MR) is 159 cm³/mol. The highest BCUT2D eigenvalue weighted by Gasteiger charge is 2.24. The minimum atomic E-state index is -0.561. The average molecular weight is 701 g/mol. The zero-order chi connectivity index (χ0) is 28.1. The van der Waals surface area contributed by atoms with E-state index >= 15 is 0 Å². The molecule has 0 spiro atoms. The Bertz CT molecular complexity index is 1490. The van der Waals surface area contributed by atoms with Gasteiger partial charge in [0.1, 0.15) is 39.9 Å². The summed E-state index contributed by atoms with van der Waals surface area (Å²) < 4.78 is 16.1. The Kier molecular flexibility index (Phi) is 9.89. The van der Waals surface area contributed by atoms with Crippen molar-refractivity contribution in [1.29, 1.82) is 0 Å². The van der Waals surface area contributed by atoms with Crippen LogP contribution in [0, 0.1) is 0 Å². The summed E-state index contributed by atoms with van der Waals surface area (Å²) in [4.78, 5) is 25.6. The largest absolute Gasteiger partial charge is 0.488 e. The number of piperidine rings is 1. The molecule has 13 heteroatoms. The van der Waals surface area contributed by atoms with Crippen LogP contribution in [0.1, 0.15) is 41.1 Å². The maximum Gasteiger partial charge on any atom is 0.290 e. The van der Waals surface area contributed by atoms with Crippen LogP contribution in [-0.4, -0.2) is 46.2 Å². The molecule has 206 valence electrons. The summed E-state index contributed by atoms with van der Waals surface area (Å²) in [5, 5.41) is 11.6. The molecule has 0 unspecified atom stereocenters. The molecule has 4 N–H and O–H groups in total. The molecule has 2 aromatic carbocycles. The highest BCUT2D eigenvalue weighted by Crippen LogP contribution is 2.43. The van der Waals surface area contributed by atoms with Gasteiger partial charge in [0, 0.05) is 16.7 Å². The molecular weight excluding hydrogens is 676 g/mol. The monoisotopic (exact) mass is 698 g/mol. The summed E-state index contributed by atoms with van der Waals surface area (Å²) in [6.45, 7) is 3.50. The lowest BCUT2D eigenvalue weighted by Gasteiger charge is -2.25. The van der Waals surface area contributed by atoms with Gasteiger partial charge in [-0.15, -0.1) is 11.3 Å². The first-order valence-electron chi connectivity index (χ1n) is 11.9. The fraction of sp³-hybridized carbons (Fsp3) is 0.269. The Balaban J connectivity index is 0.00000112. The third-order valence-electron chi connectivity index (χ3n) is 6.05. The number of nitrogens with zero attached hydrogens (tertiary/aromatic N) is 2. The van der Waals surface area contributed by atoms with E-state index in [0.29, 0.717) is 15.6 Å². The highest BCUT2D eigenvalue weighted by molar-refractivity contribution is 9.11. The van der Waals surface area contributed by atoms with Gasteiger partial charge in [-0.25, -0.2) is 4.98 Å². The van der Waals surface area contributed by atoms with E-state index in [1.165, 1.54) is 11.3 Å². The number of ether oxygens (including phenoxy) is 2. The number of hydrogen-bond donors (Lipinski definition) is 3. The van der Waals surface area contributed by atoms with Crippen molar-refractivity contribution in [1.82, 2.24) is 14.9 Å². The molecule has 0 bridgehead atoms. The van der Waals surface area contributed by atoms with Crippen LogP contribution in [0.5, 0.6) is 11.5 Å². The number of benzene rings is 2. The molecule has 5 rings (SSSR count). The van der Waals surface area contributed by atoms with Crippen LogP contribution >= 0.6 is 54.8 Å². The molecule has 1 saturated heterocycles. The van der Waals surface area contributed by atoms with E-state index in [1.807, 2.05) is 41.8 Å². The molecular formula is C26H25Br2ClN4O5S. The van der Waals surface area contributed by atoms with Gasteiger partial charge in [0.05, 0.1) is 20.0 Å². The van der Waals surface area contributed by atoms with E-state index in [2.05, 4.69) is 42.2 Å². The number of primary amides is 1. The standard InChI is InChI=1S/C25H23Br2ClN4O3S.CH2O2/c1-13(15-4-2-3-5-17(15)28)34-19-11-20(36-24(19)25(29)33)32-12-31-18-10-16(26)23(21(27)22(18)32)35-14-6-8-30-9-7-14;2-1-3/h2-5,10-14,30H,6-9H2,1H3,(H2,29,33);1H,(H,2,3)/t13-;/m1./s1. The number of fused-ring (bicyclic) bond motifs is 1. The predicted octanol–water partition coefficient (Wildman–Crippen LogP) is 6.34. The van der Waals surface area contributed by atoms with Gasteiger partial charge in [0.25, 0.3) is 12.4 Å².